The minimum Gasteiger partial charge on any atom is -0.348 e. The van der Waals surface area contributed by atoms with Crippen molar-refractivity contribution < 1.29 is 18.8 Å². The predicted octanol–water partition coefficient (Wildman–Crippen LogP) is 5.24. The summed E-state index contributed by atoms with van der Waals surface area (Å²) in [4.78, 5) is 51.2. The summed E-state index contributed by atoms with van der Waals surface area (Å²) in [6.07, 6.45) is 2.23. The number of benzene rings is 3. The Bertz CT molecular complexity index is 2220. The molecule has 0 bridgehead atoms. The zero-order chi connectivity index (χ0) is 35.4. The van der Waals surface area contributed by atoms with Gasteiger partial charge in [-0.3, -0.25) is 14.4 Å². The fraction of sp³-hybridized carbons (Fsp3) is 0.316. The van der Waals surface area contributed by atoms with Crippen molar-refractivity contribution in [2.75, 3.05) is 30.3 Å². The minimum absolute atomic E-state index is 0.0663. The molecule has 0 unspecified atom stereocenters. The highest BCUT2D eigenvalue weighted by atomic mass is 19.1. The zero-order valence-corrected chi connectivity index (χ0v) is 28.7. The van der Waals surface area contributed by atoms with Gasteiger partial charge >= 0.3 is 0 Å². The predicted molar refractivity (Wildman–Crippen MR) is 191 cm³/mol. The van der Waals surface area contributed by atoms with Gasteiger partial charge < -0.3 is 25.8 Å². The molecule has 12 nitrogen and oxygen atoms in total. The number of amides is 3. The number of piperidine rings is 1. The Hall–Kier alpha value is -5.85. The molecule has 0 spiro atoms. The van der Waals surface area contributed by atoms with Crippen molar-refractivity contribution in [1.29, 1.82) is 0 Å². The van der Waals surface area contributed by atoms with Crippen LogP contribution >= 0.6 is 0 Å². The lowest BCUT2D eigenvalue weighted by atomic mass is 9.89. The molecule has 3 aliphatic heterocycles. The monoisotopic (exact) mass is 687 g/mol. The van der Waals surface area contributed by atoms with Gasteiger partial charge in [0.05, 0.1) is 5.39 Å². The van der Waals surface area contributed by atoms with E-state index < -0.39 is 11.6 Å². The molecule has 3 aromatic carbocycles. The third-order valence-corrected chi connectivity index (χ3v) is 10.3. The molecule has 0 aliphatic carbocycles. The maximum absolute atomic E-state index is 16.3. The van der Waals surface area contributed by atoms with Gasteiger partial charge in [0.2, 0.25) is 5.95 Å². The molecule has 1 saturated heterocycles. The smallest absolute Gasteiger partial charge is 0.260 e. The molecular weight excluding hydrogens is 649 g/mol. The number of fused-ring (bicyclic) bond motifs is 3. The third-order valence-electron chi connectivity index (χ3n) is 10.3. The quantitative estimate of drug-likeness (QED) is 0.221. The van der Waals surface area contributed by atoms with Crippen LogP contribution in [0.1, 0.15) is 61.4 Å². The number of nitrogens with zero attached hydrogens (tertiary/aromatic N) is 6. The second-order valence-corrected chi connectivity index (χ2v) is 13.7. The van der Waals surface area contributed by atoms with Crippen molar-refractivity contribution in [3.63, 3.8) is 0 Å². The first kappa shape index (κ1) is 32.4. The summed E-state index contributed by atoms with van der Waals surface area (Å²) in [5.74, 6) is 0.175. The topological polar surface area (TPSA) is 137 Å². The van der Waals surface area contributed by atoms with Gasteiger partial charge in [0.25, 0.3) is 17.7 Å². The maximum Gasteiger partial charge on any atom is 0.260 e. The standard InChI is InChI=1S/C38H38FN9O3/c1-22-5-4-6-23(2)31(22)43-32-30-20-41-37(44-33(30)46(3)45-32)42-28-9-7-24-11-14-48(21-27(24)18-28)36(51)38(39)12-15-47(16-13-38)35(50)25-8-10-29-26(17-25)19-40-34(29)49/h4-10,17-18,20H,11-16,19,21H2,1-3H3,(H,40,49)(H,43,45)(H,41,42,44). The highest BCUT2D eigenvalue weighted by molar-refractivity contribution is 6.01. The van der Waals surface area contributed by atoms with E-state index in [2.05, 4.69) is 52.0 Å². The Balaban J connectivity index is 0.923. The third kappa shape index (κ3) is 5.92. The first-order valence-electron chi connectivity index (χ1n) is 17.2. The van der Waals surface area contributed by atoms with Crippen LogP contribution in [0.3, 0.4) is 0 Å². The number of hydrogen-bond donors (Lipinski definition) is 3. The summed E-state index contributed by atoms with van der Waals surface area (Å²) in [6, 6.07) is 17.1. The van der Waals surface area contributed by atoms with Crippen LogP contribution in [0, 0.1) is 13.8 Å². The summed E-state index contributed by atoms with van der Waals surface area (Å²) < 4.78 is 18.0. The molecule has 3 amide bonds. The number of likely N-dealkylation sites (tertiary alicyclic amines) is 1. The number of rotatable bonds is 6. The number of aryl methyl sites for hydroxylation is 3. The van der Waals surface area contributed by atoms with Crippen molar-refractivity contribution in [2.24, 2.45) is 7.05 Å². The van der Waals surface area contributed by atoms with Gasteiger partial charge in [-0.15, -0.1) is 0 Å². The van der Waals surface area contributed by atoms with Crippen molar-refractivity contribution in [2.45, 2.75) is 51.9 Å². The summed E-state index contributed by atoms with van der Waals surface area (Å²) in [5.41, 5.74) is 6.46. The molecular formula is C38H38FN9O3. The van der Waals surface area contributed by atoms with Crippen LogP contribution < -0.4 is 16.0 Å². The molecule has 3 aliphatic rings. The Morgan fingerprint density at radius 2 is 1.71 bits per heavy atom. The molecule has 2 aromatic heterocycles. The van der Waals surface area contributed by atoms with E-state index in [-0.39, 0.29) is 44.3 Å². The number of nitrogens with one attached hydrogen (secondary N) is 3. The average Bonchev–Trinajstić information content (AvgIpc) is 3.66. The zero-order valence-electron chi connectivity index (χ0n) is 28.7. The number of carbonyl (C=O) groups is 3. The van der Waals surface area contributed by atoms with E-state index >= 15 is 4.39 Å². The molecule has 8 rings (SSSR count). The molecule has 5 heterocycles. The van der Waals surface area contributed by atoms with E-state index in [9.17, 15) is 14.4 Å². The Kier molecular flexibility index (Phi) is 7.92. The lowest BCUT2D eigenvalue weighted by molar-refractivity contribution is -0.148. The summed E-state index contributed by atoms with van der Waals surface area (Å²) in [7, 11) is 1.84. The minimum atomic E-state index is -2.05. The van der Waals surface area contributed by atoms with Crippen LogP contribution in [-0.2, 0) is 31.4 Å². The van der Waals surface area contributed by atoms with Crippen molar-refractivity contribution in [3.05, 3.63) is 99.7 Å². The Morgan fingerprint density at radius 3 is 2.49 bits per heavy atom. The van der Waals surface area contributed by atoms with Crippen molar-refractivity contribution in [3.8, 4) is 0 Å². The van der Waals surface area contributed by atoms with Crippen molar-refractivity contribution >= 4 is 51.9 Å². The molecule has 5 aromatic rings. The number of carbonyl (C=O) groups excluding carboxylic acids is 3. The van der Waals surface area contributed by atoms with Gasteiger partial charge in [0.1, 0.15) is 0 Å². The Labute approximate surface area is 294 Å². The molecule has 51 heavy (non-hydrogen) atoms. The van der Waals surface area contributed by atoms with Gasteiger partial charge in [0.15, 0.2) is 17.1 Å². The molecule has 0 saturated carbocycles. The largest absolute Gasteiger partial charge is 0.348 e. The van der Waals surface area contributed by atoms with Crippen LogP contribution in [0.25, 0.3) is 11.0 Å². The number of hydrogen-bond acceptors (Lipinski definition) is 8. The molecule has 0 radical (unpaired) electrons. The fourth-order valence-electron chi connectivity index (χ4n) is 7.37. The average molecular weight is 688 g/mol. The number of halogens is 1. The van der Waals surface area contributed by atoms with Gasteiger partial charge in [-0.2, -0.15) is 10.1 Å². The molecule has 13 heteroatoms. The summed E-state index contributed by atoms with van der Waals surface area (Å²) >= 11 is 0. The number of aromatic nitrogens is 4. The van der Waals surface area contributed by atoms with Crippen LogP contribution in [0.5, 0.6) is 0 Å². The van der Waals surface area contributed by atoms with E-state index in [4.69, 9.17) is 4.98 Å². The van der Waals surface area contributed by atoms with Gasteiger partial charge in [0, 0.05) is 81.3 Å². The number of para-hydroxylation sites is 1. The lowest BCUT2D eigenvalue weighted by Crippen LogP contribution is -2.54. The SMILES string of the molecule is Cc1cccc(C)c1Nc1nn(C)c2nc(Nc3ccc4c(c3)CN(C(=O)C3(F)CCN(C(=O)c5ccc6c(c5)CNC6=O)CC3)CC4)ncc12. The van der Waals surface area contributed by atoms with E-state index in [1.165, 1.54) is 0 Å². The first-order chi connectivity index (χ1) is 24.6. The van der Waals surface area contributed by atoms with Crippen LogP contribution in [0.15, 0.2) is 60.8 Å². The molecule has 1 fully saturated rings. The van der Waals surface area contributed by atoms with E-state index in [1.54, 1.807) is 38.9 Å². The lowest BCUT2D eigenvalue weighted by Gasteiger charge is -2.39. The molecule has 260 valence electrons. The normalized spacial score (nSPS) is 16.4. The highest BCUT2D eigenvalue weighted by Crippen LogP contribution is 2.34. The fourth-order valence-corrected chi connectivity index (χ4v) is 7.37. The molecule has 0 atom stereocenters. The second-order valence-electron chi connectivity index (χ2n) is 13.7. The van der Waals surface area contributed by atoms with Gasteiger partial charge in [-0.05, 0) is 78.4 Å². The number of alkyl halides is 1. The van der Waals surface area contributed by atoms with Crippen LogP contribution in [0.2, 0.25) is 0 Å². The Morgan fingerprint density at radius 1 is 0.922 bits per heavy atom. The first-order valence-corrected chi connectivity index (χ1v) is 17.2. The van der Waals surface area contributed by atoms with Gasteiger partial charge in [-0.25, -0.2) is 14.1 Å². The van der Waals surface area contributed by atoms with Crippen molar-refractivity contribution in [1.82, 2.24) is 34.9 Å². The summed E-state index contributed by atoms with van der Waals surface area (Å²) in [5, 5.41) is 14.9. The molecule has 3 N–H and O–H groups in total. The second kappa shape index (κ2) is 12.5. The summed E-state index contributed by atoms with van der Waals surface area (Å²) in [6.45, 7) is 5.47. The van der Waals surface area contributed by atoms with Gasteiger partial charge in [-0.1, -0.05) is 24.3 Å². The van der Waals surface area contributed by atoms with E-state index in [1.807, 2.05) is 31.3 Å². The van der Waals surface area contributed by atoms with E-state index in [0.717, 1.165) is 44.6 Å². The number of anilines is 4. The van der Waals surface area contributed by atoms with Crippen LogP contribution in [-0.4, -0.2) is 72.6 Å². The van der Waals surface area contributed by atoms with Crippen LogP contribution in [0.4, 0.5) is 27.5 Å². The van der Waals surface area contributed by atoms with E-state index in [0.29, 0.717) is 48.1 Å². The maximum atomic E-state index is 16.3. The highest BCUT2D eigenvalue weighted by Gasteiger charge is 2.45.